The van der Waals surface area contributed by atoms with E-state index in [0.29, 0.717) is 39.3 Å². The molecule has 1 atom stereocenters. The number of nitrogens with two attached hydrogens (primary N) is 3. The van der Waals surface area contributed by atoms with Gasteiger partial charge in [0.25, 0.3) is 0 Å². The van der Waals surface area contributed by atoms with Gasteiger partial charge in [0, 0.05) is 73.7 Å². The van der Waals surface area contributed by atoms with Crippen molar-refractivity contribution in [3.05, 3.63) is 105 Å². The number of rotatable bonds is 3. The van der Waals surface area contributed by atoms with Crippen molar-refractivity contribution in [2.24, 2.45) is 5.73 Å². The van der Waals surface area contributed by atoms with Crippen LogP contribution in [-0.2, 0) is 29.8 Å². The molecule has 0 bridgehead atoms. The number of benzene rings is 3. The number of ether oxygens (including phenoxy) is 1. The molecule has 1 radical (unpaired) electrons. The van der Waals surface area contributed by atoms with E-state index in [4.69, 9.17) is 62.0 Å². The van der Waals surface area contributed by atoms with Crippen molar-refractivity contribution in [2.75, 3.05) is 22.5 Å². The maximum absolute atomic E-state index is 8.09. The molecule has 1 unspecified atom stereocenters. The Bertz CT molecular complexity index is 1910. The van der Waals surface area contributed by atoms with Crippen LogP contribution in [0.3, 0.4) is 0 Å². The summed E-state index contributed by atoms with van der Waals surface area (Å²) in [6, 6.07) is 18.8. The van der Waals surface area contributed by atoms with Gasteiger partial charge in [0.2, 0.25) is 0 Å². The maximum Gasteiger partial charge on any atom is 0.141 e. The van der Waals surface area contributed by atoms with Gasteiger partial charge in [-0.15, -0.1) is 0 Å². The zero-order valence-electron chi connectivity index (χ0n) is 32.5. The number of alkyl halides is 6. The van der Waals surface area contributed by atoms with Crippen molar-refractivity contribution < 1.29 is 23.3 Å². The van der Waals surface area contributed by atoms with Crippen molar-refractivity contribution in [3.8, 4) is 6.07 Å². The van der Waals surface area contributed by atoms with E-state index in [1.165, 1.54) is 4.43 Å². The Morgan fingerprint density at radius 1 is 0.831 bits per heavy atom. The van der Waals surface area contributed by atoms with Crippen molar-refractivity contribution >= 4 is 274 Å². The molecule has 0 spiro atoms. The summed E-state index contributed by atoms with van der Waals surface area (Å²) >= 11 is 43.9. The Hall–Kier alpha value is 3.49. The van der Waals surface area contributed by atoms with Gasteiger partial charge in [-0.05, 0) is 133 Å². The molecule has 0 aliphatic rings. The Morgan fingerprint density at radius 3 is 1.69 bits per heavy atom. The third-order valence-corrected chi connectivity index (χ3v) is 9.14. The monoisotopic (exact) mass is 1880 g/mol. The van der Waals surface area contributed by atoms with Crippen molar-refractivity contribution in [1.29, 1.82) is 5.26 Å². The van der Waals surface area contributed by atoms with E-state index in [1.54, 1.807) is 25.4 Å². The summed E-state index contributed by atoms with van der Waals surface area (Å²) in [7, 11) is 0. The van der Waals surface area contributed by atoms with E-state index in [-0.39, 0.29) is 24.7 Å². The van der Waals surface area contributed by atoms with Gasteiger partial charge in [-0.1, -0.05) is 189 Å². The third kappa shape index (κ3) is 39.2. The number of nitriles is 1. The second kappa shape index (κ2) is 41.7. The Kier molecular flexibility index (Phi) is 48.8. The van der Waals surface area contributed by atoms with E-state index in [1.807, 2.05) is 72.9 Å². The number of hydrogen-bond donors (Lipinski definition) is 3. The SMILES string of the molecule is CC(I)(I)I.CC(I)I.CCI.CCOC(C)C#N.C[CH-]I.NCc1ccc(Br)c(Cl)c1.Nc1cc2c(Cl)c(Br)ccc2cn1.Nc1cc2cc(Br)c(Cl)cc2cn1.[V]. The van der Waals surface area contributed by atoms with Gasteiger partial charge >= 0.3 is 0 Å². The van der Waals surface area contributed by atoms with Gasteiger partial charge in [0.15, 0.2) is 0 Å². The van der Waals surface area contributed by atoms with Crippen molar-refractivity contribution in [3.63, 3.8) is 0 Å². The fraction of sp³-hybridized carbons (Fsp3) is 0.316. The van der Waals surface area contributed by atoms with Gasteiger partial charge in [-0.2, -0.15) is 12.2 Å². The first kappa shape index (κ1) is 69.1. The van der Waals surface area contributed by atoms with Crippen LogP contribution in [0.1, 0.15) is 47.1 Å². The zero-order chi connectivity index (χ0) is 45.6. The number of nitrogens with zero attached hydrogens (tertiary/aromatic N) is 3. The van der Waals surface area contributed by atoms with Crippen molar-refractivity contribution in [2.45, 2.75) is 55.6 Å². The molecule has 6 N–H and O–H groups in total. The number of halogens is 13. The number of pyridine rings is 2. The summed E-state index contributed by atoms with van der Waals surface area (Å²) < 4.78 is 11.8. The molecule has 0 amide bonds. The van der Waals surface area contributed by atoms with E-state index in [2.05, 4.69) is 237 Å². The van der Waals surface area contributed by atoms with Crippen LogP contribution in [0.4, 0.5) is 11.6 Å². The fourth-order valence-electron chi connectivity index (χ4n) is 3.28. The summed E-state index contributed by atoms with van der Waals surface area (Å²) in [5.41, 5.74) is 17.6. The second-order valence-electron chi connectivity index (χ2n) is 10.4. The number of nitrogen functional groups attached to an aromatic ring is 2. The van der Waals surface area contributed by atoms with Crippen LogP contribution in [0.25, 0.3) is 21.5 Å². The molecule has 7 nitrogen and oxygen atoms in total. The standard InChI is InChI=1S/2C9H6BrClN2.C7H7BrClN.C5H9NO.C2H3I3.C2H4I2.C2H5I.C2H4I.V/c10-7-1-5-3-9(12)13-4-6(5)2-8(7)11;10-7-2-1-5-4-13-8(12)3-6(5)9(7)11;8-6-2-1-5(4-10)3-7(6)9;1-3-7-5(2)4-6;1-2(3,4)5;1-2(3)4;2*1-2-3;/h2*1-4H,(H2,12,13);1-3H,4,10H2;5H,3H2,1-2H3;1H3;2H,1H3;2H2,1H3;2H,1H3;/q;;;;;;;-1;. The van der Waals surface area contributed by atoms with Gasteiger partial charge in [-0.25, -0.2) is 9.97 Å². The number of aromatic nitrogens is 2. The minimum atomic E-state index is -0.245. The van der Waals surface area contributed by atoms with E-state index in [9.17, 15) is 0 Å². The molecule has 5 rings (SSSR count). The summed E-state index contributed by atoms with van der Waals surface area (Å²) in [4.78, 5) is 7.96. The molecule has 0 aliphatic carbocycles. The van der Waals surface area contributed by atoms with Crippen LogP contribution >= 0.6 is 241 Å². The van der Waals surface area contributed by atoms with Crippen LogP contribution in [0.5, 0.6) is 0 Å². The van der Waals surface area contributed by atoms with Gasteiger partial charge in [0.1, 0.15) is 17.2 Å². The summed E-state index contributed by atoms with van der Waals surface area (Å²) in [6.07, 6.45) is 3.18. The molecule has 0 saturated heterocycles. The summed E-state index contributed by atoms with van der Waals surface area (Å²) in [5.74, 6) is 0.995. The average molecular weight is 1890 g/mol. The molecule has 2 aromatic heterocycles. The molecule has 2 heterocycles. The van der Waals surface area contributed by atoms with Crippen molar-refractivity contribution in [1.82, 2.24) is 9.97 Å². The first-order chi connectivity index (χ1) is 27.0. The topological polar surface area (TPSA) is 137 Å². The van der Waals surface area contributed by atoms with Crippen LogP contribution in [0, 0.1) is 15.8 Å². The minimum Gasteiger partial charge on any atom is -0.384 e. The molecule has 0 saturated carbocycles. The number of fused-ring (bicyclic) bond motifs is 2. The molecule has 21 heteroatoms. The summed E-state index contributed by atoms with van der Waals surface area (Å²) in [5, 5.41) is 14.1. The predicted octanol–water partition coefficient (Wildman–Crippen LogP) is 18.2. The van der Waals surface area contributed by atoms with Crippen LogP contribution in [0.15, 0.2) is 80.4 Å². The summed E-state index contributed by atoms with van der Waals surface area (Å²) in [6.45, 7) is 13.1. The predicted molar refractivity (Wildman–Crippen MR) is 328 cm³/mol. The number of anilines is 2. The van der Waals surface area contributed by atoms with Gasteiger partial charge < -0.3 is 44.5 Å². The molecule has 5 aromatic rings. The minimum absolute atomic E-state index is 0. The first-order valence-corrected chi connectivity index (χ1v) is 28.4. The zero-order valence-corrected chi connectivity index (χ0v) is 56.1. The largest absolute Gasteiger partial charge is 0.384 e. The molecule has 329 valence electrons. The van der Waals surface area contributed by atoms with Crippen LogP contribution < -0.4 is 17.2 Å². The first-order valence-electron chi connectivity index (χ1n) is 16.4. The van der Waals surface area contributed by atoms with Gasteiger partial charge in [-0.3, -0.25) is 4.43 Å². The smallest absolute Gasteiger partial charge is 0.141 e. The Morgan fingerprint density at radius 2 is 1.27 bits per heavy atom. The second-order valence-corrected chi connectivity index (χ2v) is 35.7. The van der Waals surface area contributed by atoms with Crippen LogP contribution in [0.2, 0.25) is 15.1 Å². The third-order valence-electron chi connectivity index (χ3n) is 5.41. The number of hydrogen-bond acceptors (Lipinski definition) is 7. The molecule has 3 aromatic carbocycles. The Labute approximate surface area is 498 Å². The van der Waals surface area contributed by atoms with E-state index >= 15 is 0 Å². The van der Waals surface area contributed by atoms with Gasteiger partial charge in [0.05, 0.1) is 23.1 Å². The average Bonchev–Trinajstić information content (AvgIpc) is 3.12. The quantitative estimate of drug-likeness (QED) is 0.0929. The molecule has 0 fully saturated rings. The van der Waals surface area contributed by atoms with E-state index in [0.717, 1.165) is 42.5 Å². The molecular weight excluding hydrogens is 1840 g/mol. The maximum atomic E-state index is 8.09. The molecular formula is C38H44Br3Cl3I7N6OV-. The fourth-order valence-corrected chi connectivity index (χ4v) is 4.83. The Balaban J connectivity index is -0.000000310. The van der Waals surface area contributed by atoms with E-state index < -0.39 is 0 Å². The normalized spacial score (nSPS) is 10.1. The molecule has 59 heavy (non-hydrogen) atoms. The molecule has 0 aliphatic heterocycles. The van der Waals surface area contributed by atoms with Crippen LogP contribution in [-0.4, -0.2) is 28.5 Å².